The minimum absolute atomic E-state index is 0.154. The number of rotatable bonds is 3. The van der Waals surface area contributed by atoms with Crippen molar-refractivity contribution in [1.29, 1.82) is 0 Å². The maximum Gasteiger partial charge on any atom is 0.161 e. The number of halogens is 3. The molecule has 0 radical (unpaired) electrons. The highest BCUT2D eigenvalue weighted by Gasteiger charge is 2.24. The standard InChI is InChI=1S/C15H21F3N2/c1-3-10(2)14-9-20(6-4-5-19-14)15-8-12(17)11(16)7-13(15)18/h7-8,10,14,19H,3-6,9H2,1-2H3. The summed E-state index contributed by atoms with van der Waals surface area (Å²) in [5.41, 5.74) is 0.154. The van der Waals surface area contributed by atoms with E-state index in [0.29, 0.717) is 25.1 Å². The van der Waals surface area contributed by atoms with Gasteiger partial charge in [-0.05, 0) is 18.9 Å². The number of hydrogen-bond acceptors (Lipinski definition) is 2. The molecule has 1 N–H and O–H groups in total. The third-order valence-electron chi connectivity index (χ3n) is 4.09. The summed E-state index contributed by atoms with van der Waals surface area (Å²) >= 11 is 0. The number of anilines is 1. The van der Waals surface area contributed by atoms with Gasteiger partial charge in [0.2, 0.25) is 0 Å². The van der Waals surface area contributed by atoms with Gasteiger partial charge >= 0.3 is 0 Å². The van der Waals surface area contributed by atoms with Gasteiger partial charge in [-0.1, -0.05) is 20.3 Å². The predicted octanol–water partition coefficient (Wildman–Crippen LogP) is 3.32. The lowest BCUT2D eigenvalue weighted by Gasteiger charge is -2.29. The second-order valence-corrected chi connectivity index (χ2v) is 5.46. The van der Waals surface area contributed by atoms with E-state index in [9.17, 15) is 13.2 Å². The summed E-state index contributed by atoms with van der Waals surface area (Å²) in [6.07, 6.45) is 1.87. The average Bonchev–Trinajstić information content (AvgIpc) is 2.68. The Morgan fingerprint density at radius 2 is 1.95 bits per heavy atom. The number of hydrogen-bond donors (Lipinski definition) is 1. The van der Waals surface area contributed by atoms with E-state index >= 15 is 0 Å². The van der Waals surface area contributed by atoms with Crippen molar-refractivity contribution in [3.8, 4) is 0 Å². The molecule has 0 saturated carbocycles. The summed E-state index contributed by atoms with van der Waals surface area (Å²) in [6, 6.07) is 1.82. The molecule has 0 spiro atoms. The Hall–Kier alpha value is -1.23. The molecule has 1 fully saturated rings. The Morgan fingerprint density at radius 1 is 1.25 bits per heavy atom. The van der Waals surface area contributed by atoms with Gasteiger partial charge in [0.25, 0.3) is 0 Å². The van der Waals surface area contributed by atoms with Crippen molar-refractivity contribution >= 4 is 5.69 Å². The number of nitrogens with zero attached hydrogens (tertiary/aromatic N) is 1. The van der Waals surface area contributed by atoms with Gasteiger partial charge in [-0.2, -0.15) is 0 Å². The minimum atomic E-state index is -1.14. The molecule has 1 aliphatic rings. The third kappa shape index (κ3) is 3.26. The summed E-state index contributed by atoms with van der Waals surface area (Å²) < 4.78 is 40.3. The van der Waals surface area contributed by atoms with Crippen molar-refractivity contribution in [1.82, 2.24) is 5.32 Å². The van der Waals surface area contributed by atoms with Crippen molar-refractivity contribution in [2.24, 2.45) is 5.92 Å². The molecule has 5 heteroatoms. The first-order chi connectivity index (χ1) is 9.52. The van der Waals surface area contributed by atoms with E-state index in [1.807, 2.05) is 4.90 Å². The van der Waals surface area contributed by atoms with E-state index < -0.39 is 17.5 Å². The first-order valence-corrected chi connectivity index (χ1v) is 7.15. The van der Waals surface area contributed by atoms with Gasteiger partial charge < -0.3 is 10.2 Å². The number of nitrogens with one attached hydrogen (secondary N) is 1. The molecule has 112 valence electrons. The van der Waals surface area contributed by atoms with E-state index in [4.69, 9.17) is 0 Å². The van der Waals surface area contributed by atoms with Crippen LogP contribution in [-0.4, -0.2) is 25.7 Å². The molecule has 2 rings (SSSR count). The molecule has 2 unspecified atom stereocenters. The van der Waals surface area contributed by atoms with Gasteiger partial charge in [0.05, 0.1) is 5.69 Å². The largest absolute Gasteiger partial charge is 0.367 e. The van der Waals surface area contributed by atoms with E-state index in [1.54, 1.807) is 0 Å². The van der Waals surface area contributed by atoms with E-state index in [-0.39, 0.29) is 11.7 Å². The lowest BCUT2D eigenvalue weighted by atomic mass is 9.99. The molecule has 1 aromatic rings. The number of benzene rings is 1. The SMILES string of the molecule is CCC(C)C1CN(c2cc(F)c(F)cc2F)CCCN1. The molecular formula is C15H21F3N2. The lowest BCUT2D eigenvalue weighted by Crippen LogP contribution is -2.42. The highest BCUT2D eigenvalue weighted by Crippen LogP contribution is 2.25. The normalized spacial score (nSPS) is 21.6. The molecule has 0 aliphatic carbocycles. The lowest BCUT2D eigenvalue weighted by molar-refractivity contribution is 0.383. The van der Waals surface area contributed by atoms with E-state index in [1.165, 1.54) is 0 Å². The van der Waals surface area contributed by atoms with Crippen LogP contribution in [0.2, 0.25) is 0 Å². The van der Waals surface area contributed by atoms with Crippen LogP contribution in [0.5, 0.6) is 0 Å². The fraction of sp³-hybridized carbons (Fsp3) is 0.600. The van der Waals surface area contributed by atoms with Gasteiger partial charge in [0, 0.05) is 31.3 Å². The molecule has 2 atom stereocenters. The molecule has 1 aliphatic heterocycles. The first kappa shape index (κ1) is 15.2. The van der Waals surface area contributed by atoms with Crippen LogP contribution < -0.4 is 10.2 Å². The average molecular weight is 286 g/mol. The zero-order chi connectivity index (χ0) is 14.7. The fourth-order valence-corrected chi connectivity index (χ4v) is 2.59. The molecule has 0 bridgehead atoms. The van der Waals surface area contributed by atoms with Crippen molar-refractivity contribution in [2.45, 2.75) is 32.7 Å². The van der Waals surface area contributed by atoms with Gasteiger partial charge in [0.1, 0.15) is 5.82 Å². The van der Waals surface area contributed by atoms with Crippen molar-refractivity contribution in [3.63, 3.8) is 0 Å². The molecule has 1 heterocycles. The summed E-state index contributed by atoms with van der Waals surface area (Å²) in [6.45, 7) is 6.36. The van der Waals surface area contributed by atoms with Gasteiger partial charge in [-0.3, -0.25) is 0 Å². The third-order valence-corrected chi connectivity index (χ3v) is 4.09. The van der Waals surface area contributed by atoms with Gasteiger partial charge in [-0.15, -0.1) is 0 Å². The quantitative estimate of drug-likeness (QED) is 0.858. The van der Waals surface area contributed by atoms with Crippen LogP contribution in [-0.2, 0) is 0 Å². The highest BCUT2D eigenvalue weighted by molar-refractivity contribution is 5.48. The Morgan fingerprint density at radius 3 is 2.65 bits per heavy atom. The maximum atomic E-state index is 13.9. The molecule has 2 nitrogen and oxygen atoms in total. The predicted molar refractivity (Wildman–Crippen MR) is 74.4 cm³/mol. The van der Waals surface area contributed by atoms with E-state index in [0.717, 1.165) is 25.5 Å². The monoisotopic (exact) mass is 286 g/mol. The summed E-state index contributed by atoms with van der Waals surface area (Å²) in [7, 11) is 0. The van der Waals surface area contributed by atoms with Crippen molar-refractivity contribution in [3.05, 3.63) is 29.6 Å². The summed E-state index contributed by atoms with van der Waals surface area (Å²) in [4.78, 5) is 1.81. The van der Waals surface area contributed by atoms with Crippen LogP contribution in [0, 0.1) is 23.4 Å². The Bertz CT molecular complexity index is 465. The van der Waals surface area contributed by atoms with E-state index in [2.05, 4.69) is 19.2 Å². The van der Waals surface area contributed by atoms with Crippen LogP contribution >= 0.6 is 0 Å². The maximum absolute atomic E-state index is 13.9. The molecule has 1 saturated heterocycles. The summed E-state index contributed by atoms with van der Waals surface area (Å²) in [5.74, 6) is -2.39. The Kier molecular flexibility index (Phi) is 4.91. The van der Waals surface area contributed by atoms with Crippen molar-refractivity contribution in [2.75, 3.05) is 24.5 Å². The zero-order valence-electron chi connectivity index (χ0n) is 11.9. The zero-order valence-corrected chi connectivity index (χ0v) is 11.9. The minimum Gasteiger partial charge on any atom is -0.367 e. The first-order valence-electron chi connectivity index (χ1n) is 7.15. The van der Waals surface area contributed by atoms with Crippen LogP contribution in [0.25, 0.3) is 0 Å². The molecule has 20 heavy (non-hydrogen) atoms. The van der Waals surface area contributed by atoms with Gasteiger partial charge in [-0.25, -0.2) is 13.2 Å². The Labute approximate surface area is 118 Å². The molecular weight excluding hydrogens is 265 g/mol. The second kappa shape index (κ2) is 6.48. The smallest absolute Gasteiger partial charge is 0.161 e. The second-order valence-electron chi connectivity index (χ2n) is 5.46. The Balaban J connectivity index is 2.24. The highest BCUT2D eigenvalue weighted by atomic mass is 19.2. The molecule has 1 aromatic carbocycles. The summed E-state index contributed by atoms with van der Waals surface area (Å²) in [5, 5.41) is 3.45. The van der Waals surface area contributed by atoms with Gasteiger partial charge in [0.15, 0.2) is 11.6 Å². The molecule has 0 aromatic heterocycles. The molecule has 0 amide bonds. The van der Waals surface area contributed by atoms with Crippen LogP contribution in [0.4, 0.5) is 18.9 Å². The fourth-order valence-electron chi connectivity index (χ4n) is 2.59. The topological polar surface area (TPSA) is 15.3 Å². The van der Waals surface area contributed by atoms with Crippen LogP contribution in [0.3, 0.4) is 0 Å². The van der Waals surface area contributed by atoms with Crippen LogP contribution in [0.1, 0.15) is 26.7 Å². The van der Waals surface area contributed by atoms with Crippen LogP contribution in [0.15, 0.2) is 12.1 Å². The van der Waals surface area contributed by atoms with Crippen molar-refractivity contribution < 1.29 is 13.2 Å².